The van der Waals surface area contributed by atoms with Crippen LogP contribution in [0.5, 0.6) is 5.75 Å². The Hall–Kier alpha value is -6.27. The van der Waals surface area contributed by atoms with Gasteiger partial charge in [0, 0.05) is 45.2 Å². The Morgan fingerprint density at radius 3 is 2.19 bits per heavy atom. The molecule has 0 radical (unpaired) electrons. The quantitative estimate of drug-likeness (QED) is 0.197. The van der Waals surface area contributed by atoms with E-state index in [0.717, 1.165) is 77.8 Å². The van der Waals surface area contributed by atoms with Crippen molar-refractivity contribution in [3.8, 4) is 45.2 Å². The number of nitrogens with zero attached hydrogens (tertiary/aromatic N) is 4. The summed E-state index contributed by atoms with van der Waals surface area (Å²) in [5.74, 6) is 1.63. The fourth-order valence-electron chi connectivity index (χ4n) is 7.59. The highest BCUT2D eigenvalue weighted by atomic mass is 16.3. The number of rotatable bonds is 4. The molecule has 54 heavy (non-hydrogen) atoms. The third-order valence-corrected chi connectivity index (χ3v) is 10.7. The van der Waals surface area contributed by atoms with Gasteiger partial charge in [-0.2, -0.15) is 0 Å². The van der Waals surface area contributed by atoms with Gasteiger partial charge < -0.3 is 9.52 Å². The predicted octanol–water partition coefficient (Wildman–Crippen LogP) is 12.5. The van der Waals surface area contributed by atoms with Crippen molar-refractivity contribution >= 4 is 43.9 Å². The van der Waals surface area contributed by atoms with Crippen molar-refractivity contribution < 1.29 is 9.52 Å². The van der Waals surface area contributed by atoms with Gasteiger partial charge in [0.25, 0.3) is 0 Å². The molecule has 0 amide bonds. The van der Waals surface area contributed by atoms with Gasteiger partial charge in [0.2, 0.25) is 0 Å². The van der Waals surface area contributed by atoms with Crippen LogP contribution in [0.3, 0.4) is 0 Å². The lowest BCUT2D eigenvalue weighted by molar-refractivity contribution is 0.477. The lowest BCUT2D eigenvalue weighted by atomic mass is 9.83. The number of imidazole rings is 1. The molecule has 6 heteroatoms. The summed E-state index contributed by atoms with van der Waals surface area (Å²) in [6, 6.07) is 37.2. The number of aryl methyl sites for hydroxylation is 1. The minimum Gasteiger partial charge on any atom is -0.507 e. The number of aromatic hydroxyl groups is 1. The Morgan fingerprint density at radius 2 is 1.41 bits per heavy atom. The van der Waals surface area contributed by atoms with Crippen LogP contribution >= 0.6 is 0 Å². The molecule has 0 aliphatic heterocycles. The summed E-state index contributed by atoms with van der Waals surface area (Å²) < 4.78 is 8.58. The molecule has 4 aromatic heterocycles. The average molecular weight is 707 g/mol. The maximum Gasteiger partial charge on any atom is 0.147 e. The van der Waals surface area contributed by atoms with Gasteiger partial charge in [0.1, 0.15) is 28.6 Å². The van der Waals surface area contributed by atoms with E-state index >= 15 is 0 Å². The molecule has 9 rings (SSSR count). The second-order valence-corrected chi connectivity index (χ2v) is 16.4. The summed E-state index contributed by atoms with van der Waals surface area (Å²) in [4.78, 5) is 15.4. The molecule has 6 nitrogen and oxygen atoms in total. The van der Waals surface area contributed by atoms with Gasteiger partial charge in [-0.25, -0.2) is 9.97 Å². The first kappa shape index (κ1) is 33.6. The van der Waals surface area contributed by atoms with E-state index in [1.54, 1.807) is 6.07 Å². The molecular formula is C48H42N4O2. The molecule has 0 aliphatic rings. The molecule has 0 saturated heterocycles. The fraction of sp³-hybridized carbons (Fsp3) is 0.188. The third-order valence-electron chi connectivity index (χ3n) is 10.7. The number of benzene rings is 5. The van der Waals surface area contributed by atoms with Crippen LogP contribution in [0.2, 0.25) is 0 Å². The number of phenolic OH excluding ortho intramolecular Hbond substituents is 1. The van der Waals surface area contributed by atoms with E-state index in [1.807, 2.05) is 54.9 Å². The van der Waals surface area contributed by atoms with Crippen LogP contribution in [0.1, 0.15) is 58.2 Å². The Balaban J connectivity index is 1.31. The molecule has 0 atom stereocenters. The summed E-state index contributed by atoms with van der Waals surface area (Å²) in [7, 11) is 0. The number of phenols is 1. The van der Waals surface area contributed by atoms with Crippen LogP contribution < -0.4 is 0 Å². The third kappa shape index (κ3) is 5.44. The van der Waals surface area contributed by atoms with E-state index in [0.29, 0.717) is 11.1 Å². The first-order chi connectivity index (χ1) is 25.9. The molecule has 0 unspecified atom stereocenters. The number of para-hydroxylation sites is 2. The molecule has 0 spiro atoms. The van der Waals surface area contributed by atoms with E-state index in [9.17, 15) is 5.11 Å². The lowest BCUT2D eigenvalue weighted by Gasteiger charge is -2.22. The number of aromatic nitrogens is 4. The van der Waals surface area contributed by atoms with Crippen molar-refractivity contribution in [1.29, 1.82) is 0 Å². The van der Waals surface area contributed by atoms with E-state index in [4.69, 9.17) is 19.4 Å². The largest absolute Gasteiger partial charge is 0.507 e. The Morgan fingerprint density at radius 1 is 0.630 bits per heavy atom. The fourth-order valence-corrected chi connectivity index (χ4v) is 7.59. The van der Waals surface area contributed by atoms with Gasteiger partial charge in [-0.3, -0.25) is 9.55 Å². The zero-order valence-electron chi connectivity index (χ0n) is 31.7. The van der Waals surface area contributed by atoms with Gasteiger partial charge >= 0.3 is 0 Å². The van der Waals surface area contributed by atoms with Gasteiger partial charge in [-0.1, -0.05) is 96.1 Å². The van der Waals surface area contributed by atoms with Gasteiger partial charge in [0.05, 0.1) is 22.1 Å². The van der Waals surface area contributed by atoms with E-state index in [-0.39, 0.29) is 16.6 Å². The summed E-state index contributed by atoms with van der Waals surface area (Å²) in [6.07, 6.45) is 3.86. The van der Waals surface area contributed by atoms with Crippen LogP contribution in [0.4, 0.5) is 0 Å². The molecule has 0 saturated carbocycles. The molecule has 0 bridgehead atoms. The standard InChI is InChI=1S/C48H42N4O2/c1-28-22-23-49-43-36(28)25-32(48(5,6)7)26-37(43)29-12-10-13-30(24-29)46-51-44-35(42-39(53)20-19-34-33-14-8-9-17-40(33)54-45(34)42)15-11-16-38(44)52(46)41-21-18-31(27-50-41)47(2,3)4/h8-27,53H,1-7H3. The number of furan rings is 1. The summed E-state index contributed by atoms with van der Waals surface area (Å²) >= 11 is 0. The van der Waals surface area contributed by atoms with Crippen molar-refractivity contribution in [2.75, 3.05) is 0 Å². The normalized spacial score (nSPS) is 12.4. The molecule has 0 aliphatic carbocycles. The molecule has 1 N–H and O–H groups in total. The molecular weight excluding hydrogens is 665 g/mol. The number of hydrogen-bond donors (Lipinski definition) is 1. The Labute approximate surface area is 314 Å². The second kappa shape index (κ2) is 12.1. The van der Waals surface area contributed by atoms with E-state index in [1.165, 1.54) is 11.1 Å². The highest BCUT2D eigenvalue weighted by Gasteiger charge is 2.24. The second-order valence-electron chi connectivity index (χ2n) is 16.4. The zero-order valence-corrected chi connectivity index (χ0v) is 31.7. The maximum absolute atomic E-state index is 11.5. The van der Waals surface area contributed by atoms with Gasteiger partial charge in [0.15, 0.2) is 0 Å². The SMILES string of the molecule is Cc1ccnc2c(-c3cccc(-c4nc5c(-c6c(O)ccc7c6oc6ccccc67)cccc5n4-c4ccc(C(C)(C)C)cn4)c3)cc(C(C)(C)C)cc12. The van der Waals surface area contributed by atoms with Crippen molar-refractivity contribution in [2.24, 2.45) is 0 Å². The molecule has 4 heterocycles. The van der Waals surface area contributed by atoms with Crippen LogP contribution in [0.25, 0.3) is 83.3 Å². The number of hydrogen-bond acceptors (Lipinski definition) is 5. The predicted molar refractivity (Wildman–Crippen MR) is 222 cm³/mol. The maximum atomic E-state index is 11.5. The summed E-state index contributed by atoms with van der Waals surface area (Å²) in [5, 5.41) is 14.6. The van der Waals surface area contributed by atoms with Crippen molar-refractivity contribution in [3.63, 3.8) is 0 Å². The minimum atomic E-state index is -0.0492. The van der Waals surface area contributed by atoms with Crippen LogP contribution in [-0.4, -0.2) is 24.6 Å². The Bertz CT molecular complexity index is 2920. The van der Waals surface area contributed by atoms with E-state index in [2.05, 4.69) is 114 Å². The molecule has 5 aromatic carbocycles. The first-order valence-corrected chi connectivity index (χ1v) is 18.5. The van der Waals surface area contributed by atoms with Crippen LogP contribution in [-0.2, 0) is 10.8 Å². The molecule has 266 valence electrons. The van der Waals surface area contributed by atoms with Crippen molar-refractivity contribution in [3.05, 3.63) is 138 Å². The monoisotopic (exact) mass is 706 g/mol. The van der Waals surface area contributed by atoms with Crippen molar-refractivity contribution in [2.45, 2.75) is 59.3 Å². The molecule has 9 aromatic rings. The van der Waals surface area contributed by atoms with Crippen molar-refractivity contribution in [1.82, 2.24) is 19.5 Å². The first-order valence-electron chi connectivity index (χ1n) is 18.5. The highest BCUT2D eigenvalue weighted by molar-refractivity contribution is 6.13. The highest BCUT2D eigenvalue weighted by Crippen LogP contribution is 2.44. The number of fused-ring (bicyclic) bond motifs is 5. The lowest BCUT2D eigenvalue weighted by Crippen LogP contribution is -2.12. The van der Waals surface area contributed by atoms with Gasteiger partial charge in [-0.05, 0) is 94.6 Å². The summed E-state index contributed by atoms with van der Waals surface area (Å²) in [6.45, 7) is 15.5. The average Bonchev–Trinajstić information content (AvgIpc) is 3.73. The zero-order chi connectivity index (χ0) is 37.5. The van der Waals surface area contributed by atoms with Crippen LogP contribution in [0.15, 0.2) is 126 Å². The smallest absolute Gasteiger partial charge is 0.147 e. The molecule has 0 fully saturated rings. The van der Waals surface area contributed by atoms with Crippen LogP contribution in [0, 0.1) is 6.92 Å². The minimum absolute atomic E-state index is 0.0492. The Kier molecular flexibility index (Phi) is 7.54. The summed E-state index contributed by atoms with van der Waals surface area (Å²) in [5.41, 5.74) is 12.0. The number of pyridine rings is 2. The van der Waals surface area contributed by atoms with E-state index < -0.39 is 0 Å². The topological polar surface area (TPSA) is 77.0 Å². The van der Waals surface area contributed by atoms with Gasteiger partial charge in [-0.15, -0.1) is 0 Å².